The third-order valence-corrected chi connectivity index (χ3v) is 1.61. The lowest BCUT2D eigenvalue weighted by atomic mass is 10.0. The fourth-order valence-corrected chi connectivity index (χ4v) is 0.958. The third kappa shape index (κ3) is 4.59. The highest BCUT2D eigenvalue weighted by molar-refractivity contribution is 5.71. The number of carbonyl (C=O) groups is 1. The lowest BCUT2D eigenvalue weighted by Crippen LogP contribution is -2.10. The Hall–Kier alpha value is -0.790. The molecule has 0 aromatic heterocycles. The predicted molar refractivity (Wildman–Crippen MR) is 45.5 cm³/mol. The number of carboxylic acid groups (broad SMARTS) is 1. The molecule has 2 heteroatoms. The highest BCUT2D eigenvalue weighted by Crippen LogP contribution is 2.09. The Morgan fingerprint density at radius 3 is 2.64 bits per heavy atom. The van der Waals surface area contributed by atoms with Gasteiger partial charge in [-0.2, -0.15) is 0 Å². The molecule has 0 saturated carbocycles. The second-order valence-electron chi connectivity index (χ2n) is 2.61. The van der Waals surface area contributed by atoms with Gasteiger partial charge < -0.3 is 5.11 Å². The summed E-state index contributed by atoms with van der Waals surface area (Å²) >= 11 is 0. The Bertz CT molecular complexity index is 138. The summed E-state index contributed by atoms with van der Waals surface area (Å²) in [6.45, 7) is 3.91. The molecule has 0 amide bonds. The van der Waals surface area contributed by atoms with Gasteiger partial charge in [-0.1, -0.05) is 31.9 Å². The Morgan fingerprint density at radius 2 is 2.27 bits per heavy atom. The molecule has 0 bridgehead atoms. The van der Waals surface area contributed by atoms with Gasteiger partial charge in [0.1, 0.15) is 0 Å². The average molecular weight is 156 g/mol. The second-order valence-corrected chi connectivity index (χ2v) is 2.61. The van der Waals surface area contributed by atoms with Crippen LogP contribution in [0.2, 0.25) is 0 Å². The van der Waals surface area contributed by atoms with Crippen molar-refractivity contribution in [3.63, 3.8) is 0 Å². The van der Waals surface area contributed by atoms with Crippen LogP contribution in [-0.2, 0) is 4.79 Å². The van der Waals surface area contributed by atoms with Crippen LogP contribution in [0.15, 0.2) is 12.2 Å². The zero-order valence-corrected chi connectivity index (χ0v) is 7.21. The Balaban J connectivity index is 3.79. The number of unbranched alkanes of at least 4 members (excludes halogenated alkanes) is 1. The van der Waals surface area contributed by atoms with Gasteiger partial charge in [-0.05, 0) is 13.3 Å². The fraction of sp³-hybridized carbons (Fsp3) is 0.667. The van der Waals surface area contributed by atoms with Gasteiger partial charge in [0.25, 0.3) is 0 Å². The van der Waals surface area contributed by atoms with Crippen LogP contribution in [0.25, 0.3) is 0 Å². The van der Waals surface area contributed by atoms with E-state index in [1.165, 1.54) is 0 Å². The van der Waals surface area contributed by atoms with Crippen LogP contribution in [0, 0.1) is 5.92 Å². The number of carboxylic acids is 1. The van der Waals surface area contributed by atoms with Gasteiger partial charge in [0.05, 0.1) is 5.92 Å². The van der Waals surface area contributed by atoms with Crippen molar-refractivity contribution in [2.24, 2.45) is 5.92 Å². The molecular weight excluding hydrogens is 140 g/mol. The van der Waals surface area contributed by atoms with E-state index in [0.29, 0.717) is 0 Å². The van der Waals surface area contributed by atoms with Gasteiger partial charge in [0.15, 0.2) is 0 Å². The highest BCUT2D eigenvalue weighted by atomic mass is 16.4. The van der Waals surface area contributed by atoms with Crippen molar-refractivity contribution in [1.82, 2.24) is 0 Å². The highest BCUT2D eigenvalue weighted by Gasteiger charge is 2.11. The molecule has 0 aromatic carbocycles. The summed E-state index contributed by atoms with van der Waals surface area (Å²) in [7, 11) is 0. The maximum atomic E-state index is 10.5. The number of aliphatic carboxylic acids is 1. The number of hydrogen-bond acceptors (Lipinski definition) is 1. The molecule has 0 rings (SSSR count). The lowest BCUT2D eigenvalue weighted by Gasteiger charge is -2.04. The molecule has 0 spiro atoms. The average Bonchev–Trinajstić information content (AvgIpc) is 1.97. The van der Waals surface area contributed by atoms with E-state index in [2.05, 4.69) is 6.92 Å². The SMILES string of the molecule is C/C=C\C(CCCC)C(=O)O. The first-order valence-electron chi connectivity index (χ1n) is 4.08. The molecule has 1 atom stereocenters. The van der Waals surface area contributed by atoms with Gasteiger partial charge in [-0.3, -0.25) is 4.79 Å². The molecule has 0 aliphatic heterocycles. The van der Waals surface area contributed by atoms with Crippen LogP contribution in [0.3, 0.4) is 0 Å². The number of allylic oxidation sites excluding steroid dienone is 1. The van der Waals surface area contributed by atoms with E-state index in [-0.39, 0.29) is 5.92 Å². The maximum absolute atomic E-state index is 10.5. The zero-order chi connectivity index (χ0) is 8.69. The first-order chi connectivity index (χ1) is 5.22. The molecule has 0 fully saturated rings. The fourth-order valence-electron chi connectivity index (χ4n) is 0.958. The van der Waals surface area contributed by atoms with E-state index in [1.54, 1.807) is 12.2 Å². The van der Waals surface area contributed by atoms with Crippen LogP contribution in [0.5, 0.6) is 0 Å². The van der Waals surface area contributed by atoms with Crippen molar-refractivity contribution in [1.29, 1.82) is 0 Å². The van der Waals surface area contributed by atoms with E-state index >= 15 is 0 Å². The zero-order valence-electron chi connectivity index (χ0n) is 7.21. The first kappa shape index (κ1) is 10.2. The normalized spacial score (nSPS) is 13.6. The predicted octanol–water partition coefficient (Wildman–Crippen LogP) is 2.45. The van der Waals surface area contributed by atoms with E-state index in [9.17, 15) is 4.79 Å². The summed E-state index contributed by atoms with van der Waals surface area (Å²) in [4.78, 5) is 10.5. The quantitative estimate of drug-likeness (QED) is 0.621. The summed E-state index contributed by atoms with van der Waals surface area (Å²) < 4.78 is 0. The minimum absolute atomic E-state index is 0.278. The van der Waals surface area contributed by atoms with Gasteiger partial charge in [-0.25, -0.2) is 0 Å². The van der Waals surface area contributed by atoms with Crippen molar-refractivity contribution in [3.05, 3.63) is 12.2 Å². The topological polar surface area (TPSA) is 37.3 Å². The summed E-state index contributed by atoms with van der Waals surface area (Å²) in [5.74, 6) is -0.989. The molecule has 0 aliphatic rings. The van der Waals surface area contributed by atoms with E-state index in [1.807, 2.05) is 6.92 Å². The van der Waals surface area contributed by atoms with Gasteiger partial charge in [0, 0.05) is 0 Å². The Kier molecular flexibility index (Phi) is 5.53. The molecular formula is C9H16O2. The minimum atomic E-state index is -0.712. The van der Waals surface area contributed by atoms with E-state index in [0.717, 1.165) is 19.3 Å². The van der Waals surface area contributed by atoms with E-state index < -0.39 is 5.97 Å². The van der Waals surface area contributed by atoms with Crippen molar-refractivity contribution in [3.8, 4) is 0 Å². The van der Waals surface area contributed by atoms with Crippen molar-refractivity contribution < 1.29 is 9.90 Å². The maximum Gasteiger partial charge on any atom is 0.310 e. The molecule has 0 heterocycles. The number of hydrogen-bond donors (Lipinski definition) is 1. The van der Waals surface area contributed by atoms with Crippen LogP contribution < -0.4 is 0 Å². The van der Waals surface area contributed by atoms with Crippen LogP contribution >= 0.6 is 0 Å². The lowest BCUT2D eigenvalue weighted by molar-refractivity contribution is -0.140. The Labute approximate surface area is 67.9 Å². The Morgan fingerprint density at radius 1 is 1.64 bits per heavy atom. The second kappa shape index (κ2) is 5.96. The molecule has 1 unspecified atom stereocenters. The van der Waals surface area contributed by atoms with Crippen molar-refractivity contribution >= 4 is 5.97 Å². The smallest absolute Gasteiger partial charge is 0.310 e. The molecule has 0 aliphatic carbocycles. The van der Waals surface area contributed by atoms with Crippen LogP contribution in [-0.4, -0.2) is 11.1 Å². The number of rotatable bonds is 5. The largest absolute Gasteiger partial charge is 0.481 e. The molecule has 0 aromatic rings. The van der Waals surface area contributed by atoms with Crippen molar-refractivity contribution in [2.45, 2.75) is 33.1 Å². The standard InChI is InChI=1S/C9H16O2/c1-3-5-7-8(6-4-2)9(10)11/h4,6,8H,3,5,7H2,1-2H3,(H,10,11)/b6-4-. The molecule has 11 heavy (non-hydrogen) atoms. The summed E-state index contributed by atoms with van der Waals surface area (Å²) in [6, 6.07) is 0. The molecule has 0 saturated heterocycles. The summed E-state index contributed by atoms with van der Waals surface area (Å²) in [6.07, 6.45) is 6.35. The summed E-state index contributed by atoms with van der Waals surface area (Å²) in [5.41, 5.74) is 0. The first-order valence-corrected chi connectivity index (χ1v) is 4.08. The van der Waals surface area contributed by atoms with Crippen molar-refractivity contribution in [2.75, 3.05) is 0 Å². The molecule has 1 N–H and O–H groups in total. The van der Waals surface area contributed by atoms with Gasteiger partial charge in [-0.15, -0.1) is 0 Å². The molecule has 64 valence electrons. The van der Waals surface area contributed by atoms with Crippen LogP contribution in [0.1, 0.15) is 33.1 Å². The monoisotopic (exact) mass is 156 g/mol. The molecule has 0 radical (unpaired) electrons. The summed E-state index contributed by atoms with van der Waals surface area (Å²) in [5, 5.41) is 8.68. The van der Waals surface area contributed by atoms with Crippen LogP contribution in [0.4, 0.5) is 0 Å². The molecule has 2 nitrogen and oxygen atoms in total. The third-order valence-electron chi connectivity index (χ3n) is 1.61. The minimum Gasteiger partial charge on any atom is -0.481 e. The van der Waals surface area contributed by atoms with E-state index in [4.69, 9.17) is 5.11 Å². The van der Waals surface area contributed by atoms with Gasteiger partial charge >= 0.3 is 5.97 Å². The van der Waals surface area contributed by atoms with Gasteiger partial charge in [0.2, 0.25) is 0 Å².